The number of nitrogens with zero attached hydrogens (tertiary/aromatic N) is 3. The molecule has 0 fully saturated rings. The highest BCUT2D eigenvalue weighted by Gasteiger charge is 2.08. The van der Waals surface area contributed by atoms with Crippen molar-refractivity contribution in [1.29, 1.82) is 0 Å². The topological polar surface area (TPSA) is 98.1 Å². The normalized spacial score (nSPS) is 10.1. The number of ether oxygens (including phenoxy) is 1. The molecular formula is C11H13N5O3S. The van der Waals surface area contributed by atoms with Crippen LogP contribution in [0.5, 0.6) is 0 Å². The maximum absolute atomic E-state index is 11.7. The quantitative estimate of drug-likeness (QED) is 0.851. The van der Waals surface area contributed by atoms with Gasteiger partial charge < -0.3 is 10.1 Å². The van der Waals surface area contributed by atoms with Crippen LogP contribution in [0.3, 0.4) is 0 Å². The van der Waals surface area contributed by atoms with E-state index in [1.165, 1.54) is 18.0 Å². The summed E-state index contributed by atoms with van der Waals surface area (Å²) in [5, 5.41) is 14.5. The minimum absolute atomic E-state index is 0.0290. The molecule has 8 nitrogen and oxygen atoms in total. The van der Waals surface area contributed by atoms with Gasteiger partial charge in [0.25, 0.3) is 0 Å². The fourth-order valence-electron chi connectivity index (χ4n) is 1.39. The Morgan fingerprint density at radius 2 is 2.35 bits per heavy atom. The molecule has 0 aromatic carbocycles. The fourth-order valence-corrected chi connectivity index (χ4v) is 2.04. The SMILES string of the molecule is COC(=O)Nc1cn(CC(=O)NCc2cccs2)nn1. The van der Waals surface area contributed by atoms with Crippen molar-refractivity contribution in [3.63, 3.8) is 0 Å². The molecule has 106 valence electrons. The smallest absolute Gasteiger partial charge is 0.412 e. The van der Waals surface area contributed by atoms with Gasteiger partial charge in [-0.3, -0.25) is 10.1 Å². The number of amides is 2. The van der Waals surface area contributed by atoms with Crippen molar-refractivity contribution in [1.82, 2.24) is 20.3 Å². The maximum atomic E-state index is 11.7. The molecule has 0 aliphatic carbocycles. The number of methoxy groups -OCH3 is 1. The van der Waals surface area contributed by atoms with Gasteiger partial charge in [0, 0.05) is 4.88 Å². The molecule has 0 unspecified atom stereocenters. The lowest BCUT2D eigenvalue weighted by atomic mass is 10.4. The first-order valence-electron chi connectivity index (χ1n) is 5.71. The van der Waals surface area contributed by atoms with Crippen LogP contribution in [0.15, 0.2) is 23.7 Å². The van der Waals surface area contributed by atoms with E-state index >= 15 is 0 Å². The Morgan fingerprint density at radius 1 is 1.50 bits per heavy atom. The predicted octanol–water partition coefficient (Wildman–Crippen LogP) is 0.834. The van der Waals surface area contributed by atoms with E-state index in [0.717, 1.165) is 4.88 Å². The Morgan fingerprint density at radius 3 is 3.05 bits per heavy atom. The summed E-state index contributed by atoms with van der Waals surface area (Å²) < 4.78 is 5.75. The summed E-state index contributed by atoms with van der Waals surface area (Å²) in [6, 6.07) is 3.87. The van der Waals surface area contributed by atoms with Crippen LogP contribution in [0.4, 0.5) is 10.6 Å². The average molecular weight is 295 g/mol. The average Bonchev–Trinajstić information content (AvgIpc) is 3.08. The third-order valence-electron chi connectivity index (χ3n) is 2.30. The molecule has 0 aliphatic heterocycles. The summed E-state index contributed by atoms with van der Waals surface area (Å²) in [6.45, 7) is 0.514. The van der Waals surface area contributed by atoms with Gasteiger partial charge in [-0.15, -0.1) is 16.4 Å². The molecule has 20 heavy (non-hydrogen) atoms. The molecule has 9 heteroatoms. The van der Waals surface area contributed by atoms with Crippen LogP contribution in [0.25, 0.3) is 0 Å². The summed E-state index contributed by atoms with van der Waals surface area (Å²) in [6.07, 6.45) is 0.806. The number of carbonyl (C=O) groups excluding carboxylic acids is 2. The first kappa shape index (κ1) is 14.0. The van der Waals surface area contributed by atoms with Crippen molar-refractivity contribution in [2.75, 3.05) is 12.4 Å². The highest BCUT2D eigenvalue weighted by Crippen LogP contribution is 2.07. The van der Waals surface area contributed by atoms with Gasteiger partial charge >= 0.3 is 6.09 Å². The van der Waals surface area contributed by atoms with Crippen LogP contribution in [0.1, 0.15) is 4.88 Å². The van der Waals surface area contributed by atoms with Crippen molar-refractivity contribution in [3.8, 4) is 0 Å². The van der Waals surface area contributed by atoms with Gasteiger partial charge in [0.05, 0.1) is 19.9 Å². The Bertz CT molecular complexity index is 581. The zero-order valence-electron chi connectivity index (χ0n) is 10.7. The zero-order chi connectivity index (χ0) is 14.4. The zero-order valence-corrected chi connectivity index (χ0v) is 11.5. The molecule has 0 saturated carbocycles. The largest absolute Gasteiger partial charge is 0.453 e. The first-order valence-corrected chi connectivity index (χ1v) is 6.59. The summed E-state index contributed by atoms with van der Waals surface area (Å²) in [7, 11) is 1.25. The second kappa shape index (κ2) is 6.66. The van der Waals surface area contributed by atoms with E-state index in [2.05, 4.69) is 25.7 Å². The number of anilines is 1. The highest BCUT2D eigenvalue weighted by atomic mass is 32.1. The van der Waals surface area contributed by atoms with Crippen LogP contribution in [0, 0.1) is 0 Å². The fraction of sp³-hybridized carbons (Fsp3) is 0.273. The van der Waals surface area contributed by atoms with E-state index in [1.54, 1.807) is 11.3 Å². The molecule has 0 atom stereocenters. The maximum Gasteiger partial charge on any atom is 0.412 e. The highest BCUT2D eigenvalue weighted by molar-refractivity contribution is 7.09. The van der Waals surface area contributed by atoms with Crippen molar-refractivity contribution in [2.24, 2.45) is 0 Å². The lowest BCUT2D eigenvalue weighted by Gasteiger charge is -2.02. The molecule has 0 bridgehead atoms. The summed E-state index contributed by atoms with van der Waals surface area (Å²) >= 11 is 1.57. The second-order valence-electron chi connectivity index (χ2n) is 3.77. The van der Waals surface area contributed by atoms with Crippen LogP contribution in [-0.4, -0.2) is 34.1 Å². The number of nitrogens with one attached hydrogen (secondary N) is 2. The van der Waals surface area contributed by atoms with Gasteiger partial charge in [0.2, 0.25) is 5.91 Å². The number of aromatic nitrogens is 3. The first-order chi connectivity index (χ1) is 9.67. The van der Waals surface area contributed by atoms with Crippen LogP contribution < -0.4 is 10.6 Å². The van der Waals surface area contributed by atoms with Gasteiger partial charge in [0.15, 0.2) is 5.82 Å². The van der Waals surface area contributed by atoms with E-state index in [1.807, 2.05) is 17.5 Å². The van der Waals surface area contributed by atoms with Gasteiger partial charge in [-0.2, -0.15) is 0 Å². The van der Waals surface area contributed by atoms with Gasteiger partial charge in [-0.05, 0) is 11.4 Å². The van der Waals surface area contributed by atoms with Gasteiger partial charge in [-0.1, -0.05) is 11.3 Å². The molecule has 0 saturated heterocycles. The molecule has 2 N–H and O–H groups in total. The van der Waals surface area contributed by atoms with Gasteiger partial charge in [0.1, 0.15) is 6.54 Å². The van der Waals surface area contributed by atoms with Gasteiger partial charge in [-0.25, -0.2) is 9.48 Å². The van der Waals surface area contributed by atoms with E-state index < -0.39 is 6.09 Å². The molecule has 2 rings (SSSR count). The van der Waals surface area contributed by atoms with Crippen LogP contribution in [-0.2, 0) is 22.6 Å². The van der Waals surface area contributed by atoms with Crippen molar-refractivity contribution in [3.05, 3.63) is 28.6 Å². The third kappa shape index (κ3) is 4.05. The molecule has 0 aliphatic rings. The van der Waals surface area contributed by atoms with E-state index in [4.69, 9.17) is 0 Å². The monoisotopic (exact) mass is 295 g/mol. The molecule has 2 heterocycles. The predicted molar refractivity (Wildman–Crippen MR) is 72.2 cm³/mol. The number of carbonyl (C=O) groups is 2. The molecule has 2 amide bonds. The Kier molecular flexibility index (Phi) is 4.66. The molecule has 2 aromatic rings. The van der Waals surface area contributed by atoms with Crippen molar-refractivity contribution >= 4 is 29.2 Å². The standard InChI is InChI=1S/C11H13N5O3S/c1-19-11(18)13-9-6-16(15-14-9)7-10(17)12-5-8-3-2-4-20-8/h2-4,6H,5,7H2,1H3,(H,12,17)(H,13,18). The molecule has 0 radical (unpaired) electrons. The Labute approximate surface area is 118 Å². The minimum Gasteiger partial charge on any atom is -0.453 e. The number of thiophene rings is 1. The van der Waals surface area contributed by atoms with Crippen molar-refractivity contribution in [2.45, 2.75) is 13.1 Å². The third-order valence-corrected chi connectivity index (χ3v) is 3.18. The number of rotatable bonds is 5. The minimum atomic E-state index is -0.640. The number of hydrogen-bond acceptors (Lipinski definition) is 6. The molecular weight excluding hydrogens is 282 g/mol. The lowest BCUT2D eigenvalue weighted by molar-refractivity contribution is -0.122. The van der Waals surface area contributed by atoms with E-state index in [9.17, 15) is 9.59 Å². The van der Waals surface area contributed by atoms with E-state index in [0.29, 0.717) is 6.54 Å². The van der Waals surface area contributed by atoms with Crippen molar-refractivity contribution < 1.29 is 14.3 Å². The molecule has 2 aromatic heterocycles. The lowest BCUT2D eigenvalue weighted by Crippen LogP contribution is -2.27. The summed E-state index contributed by atoms with van der Waals surface area (Å²) in [4.78, 5) is 23.7. The Hall–Kier alpha value is -2.42. The summed E-state index contributed by atoms with van der Waals surface area (Å²) in [5.74, 6) is 0.0378. The Balaban J connectivity index is 1.80. The van der Waals surface area contributed by atoms with Crippen LogP contribution >= 0.6 is 11.3 Å². The molecule has 0 spiro atoms. The van der Waals surface area contributed by atoms with Crippen LogP contribution in [0.2, 0.25) is 0 Å². The van der Waals surface area contributed by atoms with E-state index in [-0.39, 0.29) is 18.3 Å². The second-order valence-corrected chi connectivity index (χ2v) is 4.81. The number of hydrogen-bond donors (Lipinski definition) is 2. The summed E-state index contributed by atoms with van der Waals surface area (Å²) in [5.41, 5.74) is 0.